The first-order valence-corrected chi connectivity index (χ1v) is 9.25. The number of aromatic nitrogens is 2. The number of guanidine groups is 1. The Bertz CT molecular complexity index is 752. The molecule has 7 nitrogen and oxygen atoms in total. The van der Waals surface area contributed by atoms with E-state index in [-0.39, 0.29) is 42.0 Å². The molecule has 0 aliphatic rings. The van der Waals surface area contributed by atoms with Crippen molar-refractivity contribution < 1.29 is 4.79 Å². The van der Waals surface area contributed by atoms with Crippen molar-refractivity contribution in [2.75, 3.05) is 13.1 Å². The number of aliphatic imine (C=N–C) groups is 1. The zero-order valence-electron chi connectivity index (χ0n) is 17.0. The summed E-state index contributed by atoms with van der Waals surface area (Å²) in [6.45, 7) is 10.0. The zero-order valence-corrected chi connectivity index (χ0v) is 19.4. The Morgan fingerprint density at radius 1 is 1.14 bits per heavy atom. The minimum Gasteiger partial charge on any atom is -0.357 e. The van der Waals surface area contributed by atoms with Gasteiger partial charge in [0.05, 0.1) is 19.6 Å². The summed E-state index contributed by atoms with van der Waals surface area (Å²) in [5.41, 5.74) is 2.05. The number of carbonyl (C=O) groups is 1. The lowest BCUT2D eigenvalue weighted by Crippen LogP contribution is -2.48. The van der Waals surface area contributed by atoms with Crippen LogP contribution >= 0.6 is 24.0 Å². The predicted molar refractivity (Wildman–Crippen MR) is 124 cm³/mol. The van der Waals surface area contributed by atoms with Gasteiger partial charge < -0.3 is 16.0 Å². The molecule has 0 radical (unpaired) electrons. The number of carbonyl (C=O) groups excluding carboxylic acids is 1. The molecule has 1 amide bonds. The van der Waals surface area contributed by atoms with Gasteiger partial charge in [-0.3, -0.25) is 9.48 Å². The Hall–Kier alpha value is -2.10. The average Bonchev–Trinajstić information content (AvgIpc) is 3.10. The summed E-state index contributed by atoms with van der Waals surface area (Å²) in [5.74, 6) is 0.558. The lowest BCUT2D eigenvalue weighted by Gasteiger charge is -2.21. The average molecular weight is 498 g/mol. The van der Waals surface area contributed by atoms with Crippen LogP contribution in [0.15, 0.2) is 47.7 Å². The minimum absolute atomic E-state index is 0. The summed E-state index contributed by atoms with van der Waals surface area (Å²) in [5, 5.41) is 13.5. The van der Waals surface area contributed by atoms with E-state index in [1.807, 2.05) is 56.8 Å². The second kappa shape index (κ2) is 11.7. The fourth-order valence-corrected chi connectivity index (χ4v) is 2.57. The second-order valence-electron chi connectivity index (χ2n) is 7.32. The lowest BCUT2D eigenvalue weighted by molar-refractivity contribution is -0.121. The molecule has 28 heavy (non-hydrogen) atoms. The van der Waals surface area contributed by atoms with Crippen LogP contribution in [-0.4, -0.2) is 40.3 Å². The highest BCUT2D eigenvalue weighted by atomic mass is 127. The predicted octanol–water partition coefficient (Wildman–Crippen LogP) is 2.52. The maximum atomic E-state index is 12.0. The van der Waals surface area contributed by atoms with Crippen molar-refractivity contribution in [1.82, 2.24) is 25.7 Å². The molecule has 0 bridgehead atoms. The molecular weight excluding hydrogens is 467 g/mol. The van der Waals surface area contributed by atoms with Crippen LogP contribution in [0.1, 0.15) is 38.8 Å². The zero-order chi connectivity index (χ0) is 19.7. The summed E-state index contributed by atoms with van der Waals surface area (Å²) < 4.78 is 1.89. The van der Waals surface area contributed by atoms with E-state index in [1.165, 1.54) is 5.56 Å². The summed E-state index contributed by atoms with van der Waals surface area (Å²) in [4.78, 5) is 16.6. The maximum absolute atomic E-state index is 12.0. The van der Waals surface area contributed by atoms with Crippen molar-refractivity contribution in [3.05, 3.63) is 53.9 Å². The molecule has 0 fully saturated rings. The number of benzene rings is 1. The van der Waals surface area contributed by atoms with Gasteiger partial charge in [0.2, 0.25) is 5.91 Å². The highest BCUT2D eigenvalue weighted by Gasteiger charge is 2.13. The summed E-state index contributed by atoms with van der Waals surface area (Å²) in [6, 6.07) is 10.1. The molecule has 2 aromatic rings. The normalized spacial score (nSPS) is 11.5. The van der Waals surface area contributed by atoms with E-state index in [4.69, 9.17) is 0 Å². The van der Waals surface area contributed by atoms with Gasteiger partial charge in [-0.2, -0.15) is 5.10 Å². The fraction of sp³-hybridized carbons (Fsp3) is 0.450. The Labute approximate surface area is 184 Å². The summed E-state index contributed by atoms with van der Waals surface area (Å²) in [7, 11) is 0. The first kappa shape index (κ1) is 23.9. The molecular formula is C20H31IN6O. The molecule has 0 unspecified atom stereocenters. The summed E-state index contributed by atoms with van der Waals surface area (Å²) >= 11 is 0. The lowest BCUT2D eigenvalue weighted by atomic mass is 10.1. The molecule has 0 spiro atoms. The van der Waals surface area contributed by atoms with Gasteiger partial charge in [-0.15, -0.1) is 24.0 Å². The molecule has 1 heterocycles. The highest BCUT2D eigenvalue weighted by Crippen LogP contribution is 2.11. The molecule has 8 heteroatoms. The van der Waals surface area contributed by atoms with Crippen LogP contribution in [0.5, 0.6) is 0 Å². The summed E-state index contributed by atoms with van der Waals surface area (Å²) in [6.07, 6.45) is 3.72. The quantitative estimate of drug-likeness (QED) is 0.311. The number of amides is 1. The Balaban J connectivity index is 0.00000392. The monoisotopic (exact) mass is 498 g/mol. The minimum atomic E-state index is -0.250. The van der Waals surface area contributed by atoms with Crippen molar-refractivity contribution in [3.8, 4) is 0 Å². The molecule has 0 aliphatic heterocycles. The highest BCUT2D eigenvalue weighted by molar-refractivity contribution is 14.0. The number of hydrogen-bond donors (Lipinski definition) is 3. The molecule has 0 aliphatic carbocycles. The topological polar surface area (TPSA) is 83.3 Å². The van der Waals surface area contributed by atoms with E-state index >= 15 is 0 Å². The van der Waals surface area contributed by atoms with E-state index in [0.717, 1.165) is 12.1 Å². The third-order valence-electron chi connectivity index (χ3n) is 3.69. The van der Waals surface area contributed by atoms with E-state index in [1.54, 1.807) is 6.20 Å². The van der Waals surface area contributed by atoms with Gasteiger partial charge in [-0.05, 0) is 44.9 Å². The molecule has 2 rings (SSSR count). The van der Waals surface area contributed by atoms with Gasteiger partial charge in [-0.1, -0.05) is 24.3 Å². The van der Waals surface area contributed by atoms with E-state index in [9.17, 15) is 4.79 Å². The molecule has 0 saturated heterocycles. The van der Waals surface area contributed by atoms with Gasteiger partial charge in [0.25, 0.3) is 0 Å². The van der Waals surface area contributed by atoms with Gasteiger partial charge in [-0.25, -0.2) is 4.99 Å². The first-order valence-electron chi connectivity index (χ1n) is 9.25. The van der Waals surface area contributed by atoms with E-state index in [2.05, 4.69) is 38.2 Å². The number of halogens is 1. The van der Waals surface area contributed by atoms with Crippen molar-refractivity contribution in [2.45, 2.75) is 46.3 Å². The number of nitrogens with zero attached hydrogens (tertiary/aromatic N) is 3. The fourth-order valence-electron chi connectivity index (χ4n) is 2.57. The van der Waals surface area contributed by atoms with Gasteiger partial charge in [0.15, 0.2) is 5.96 Å². The van der Waals surface area contributed by atoms with E-state index in [0.29, 0.717) is 19.0 Å². The van der Waals surface area contributed by atoms with Crippen LogP contribution in [0, 0.1) is 0 Å². The van der Waals surface area contributed by atoms with Crippen molar-refractivity contribution >= 4 is 35.8 Å². The van der Waals surface area contributed by atoms with Crippen LogP contribution in [0.4, 0.5) is 0 Å². The molecule has 1 aromatic heterocycles. The van der Waals surface area contributed by atoms with Crippen molar-refractivity contribution in [2.24, 2.45) is 4.99 Å². The Morgan fingerprint density at radius 3 is 2.46 bits per heavy atom. The van der Waals surface area contributed by atoms with Crippen molar-refractivity contribution in [1.29, 1.82) is 0 Å². The number of hydrogen-bond acceptors (Lipinski definition) is 3. The smallest absolute Gasteiger partial charge is 0.239 e. The van der Waals surface area contributed by atoms with Crippen molar-refractivity contribution in [3.63, 3.8) is 0 Å². The Morgan fingerprint density at radius 2 is 1.86 bits per heavy atom. The number of nitrogens with one attached hydrogen (secondary N) is 3. The standard InChI is InChI=1S/C20H30N6O.HI/c1-5-21-19(23-14-18(27)25-20(2,3)4)22-13-16-9-6-7-10-17(16)15-26-12-8-11-24-26;/h6-12H,5,13-15H2,1-4H3,(H,25,27)(H2,21,22,23);1H. The molecule has 0 atom stereocenters. The SMILES string of the molecule is CCNC(=NCc1ccccc1Cn1cccn1)NCC(=O)NC(C)(C)C.I. The molecule has 3 N–H and O–H groups in total. The van der Waals surface area contributed by atoms with Gasteiger partial charge in [0, 0.05) is 24.5 Å². The molecule has 1 aromatic carbocycles. The van der Waals surface area contributed by atoms with E-state index < -0.39 is 0 Å². The van der Waals surface area contributed by atoms with Crippen LogP contribution in [-0.2, 0) is 17.9 Å². The Kier molecular flexibility index (Phi) is 9.98. The maximum Gasteiger partial charge on any atom is 0.239 e. The molecule has 0 saturated carbocycles. The van der Waals surface area contributed by atoms with Gasteiger partial charge in [0.1, 0.15) is 0 Å². The second-order valence-corrected chi connectivity index (χ2v) is 7.32. The van der Waals surface area contributed by atoms with Gasteiger partial charge >= 0.3 is 0 Å². The van der Waals surface area contributed by atoms with Crippen LogP contribution < -0.4 is 16.0 Å². The molecule has 154 valence electrons. The third kappa shape index (κ3) is 8.73. The van der Waals surface area contributed by atoms with Crippen LogP contribution in [0.3, 0.4) is 0 Å². The van der Waals surface area contributed by atoms with Crippen LogP contribution in [0.2, 0.25) is 0 Å². The largest absolute Gasteiger partial charge is 0.357 e. The third-order valence-corrected chi connectivity index (χ3v) is 3.69. The first-order chi connectivity index (χ1) is 12.9. The van der Waals surface area contributed by atoms with Crippen LogP contribution in [0.25, 0.3) is 0 Å². The number of rotatable bonds is 7.